The lowest BCUT2D eigenvalue weighted by Gasteiger charge is -2.35. The van der Waals surface area contributed by atoms with Crippen LogP contribution in [0.15, 0.2) is 59.4 Å². The molecule has 3 nitrogen and oxygen atoms in total. The highest BCUT2D eigenvalue weighted by molar-refractivity contribution is 7.10. The molecule has 0 unspecified atom stereocenters. The SMILES string of the molecule is O=C(CCCc1c[nH]c2ccccc12)N1CCc2sccc2[C@H]1c1cccs1. The van der Waals surface area contributed by atoms with Crippen molar-refractivity contribution < 1.29 is 4.79 Å². The van der Waals surface area contributed by atoms with Crippen LogP contribution in [0.1, 0.15) is 39.8 Å². The maximum absolute atomic E-state index is 13.2. The van der Waals surface area contributed by atoms with E-state index < -0.39 is 0 Å². The van der Waals surface area contributed by atoms with Crippen molar-refractivity contribution in [2.75, 3.05) is 6.54 Å². The number of hydrogen-bond acceptors (Lipinski definition) is 3. The summed E-state index contributed by atoms with van der Waals surface area (Å²) < 4.78 is 0. The van der Waals surface area contributed by atoms with Gasteiger partial charge in [0, 0.05) is 39.8 Å². The molecule has 1 aliphatic heterocycles. The predicted octanol–water partition coefficient (Wildman–Crippen LogP) is 5.79. The zero-order valence-electron chi connectivity index (χ0n) is 15.6. The molecule has 1 aliphatic rings. The molecule has 3 aromatic heterocycles. The van der Waals surface area contributed by atoms with Crippen molar-refractivity contribution >= 4 is 39.5 Å². The number of benzene rings is 1. The van der Waals surface area contributed by atoms with Crippen molar-refractivity contribution in [3.63, 3.8) is 0 Å². The van der Waals surface area contributed by atoms with Crippen molar-refractivity contribution in [2.24, 2.45) is 0 Å². The van der Waals surface area contributed by atoms with Gasteiger partial charge in [0.05, 0.1) is 6.04 Å². The summed E-state index contributed by atoms with van der Waals surface area (Å²) in [7, 11) is 0. The molecule has 4 heterocycles. The fraction of sp³-hybridized carbons (Fsp3) is 0.261. The first-order valence-electron chi connectivity index (χ1n) is 9.75. The molecule has 5 rings (SSSR count). The van der Waals surface area contributed by atoms with Crippen molar-refractivity contribution in [3.8, 4) is 0 Å². The van der Waals surface area contributed by atoms with Gasteiger partial charge < -0.3 is 9.88 Å². The van der Waals surface area contributed by atoms with Crippen LogP contribution in [0.5, 0.6) is 0 Å². The van der Waals surface area contributed by atoms with Gasteiger partial charge in [-0.05, 0) is 59.3 Å². The third-order valence-electron chi connectivity index (χ3n) is 5.61. The average molecular weight is 407 g/mol. The molecule has 0 saturated heterocycles. The molecule has 0 radical (unpaired) electrons. The molecule has 0 fully saturated rings. The van der Waals surface area contributed by atoms with Crippen LogP contribution >= 0.6 is 22.7 Å². The van der Waals surface area contributed by atoms with Crippen LogP contribution < -0.4 is 0 Å². The first-order valence-corrected chi connectivity index (χ1v) is 11.5. The number of carbonyl (C=O) groups is 1. The van der Waals surface area contributed by atoms with Gasteiger partial charge in [-0.3, -0.25) is 4.79 Å². The third-order valence-corrected chi connectivity index (χ3v) is 7.53. The summed E-state index contributed by atoms with van der Waals surface area (Å²) >= 11 is 3.57. The zero-order valence-corrected chi connectivity index (χ0v) is 17.2. The quantitative estimate of drug-likeness (QED) is 0.447. The Bertz CT molecular complexity index is 1090. The molecule has 0 spiro atoms. The van der Waals surface area contributed by atoms with E-state index in [4.69, 9.17) is 0 Å². The topological polar surface area (TPSA) is 36.1 Å². The molecule has 1 amide bonds. The summed E-state index contributed by atoms with van der Waals surface area (Å²) in [6.07, 6.45) is 5.47. The standard InChI is InChI=1S/C23H22N2OS2/c26-22(9-3-5-16-15-24-19-7-2-1-6-17(16)19)25-12-10-20-18(11-14-28-20)23(25)21-8-4-13-27-21/h1-2,4,6-8,11,13-15,23-24H,3,5,9-10,12H2/t23-/m0/s1. The van der Waals surface area contributed by atoms with Gasteiger partial charge in [-0.1, -0.05) is 24.3 Å². The lowest BCUT2D eigenvalue weighted by molar-refractivity contribution is -0.133. The minimum atomic E-state index is 0.0931. The Morgan fingerprint density at radius 2 is 2.04 bits per heavy atom. The highest BCUT2D eigenvalue weighted by atomic mass is 32.1. The van der Waals surface area contributed by atoms with E-state index in [-0.39, 0.29) is 11.9 Å². The number of thiophene rings is 2. The zero-order chi connectivity index (χ0) is 18.9. The number of aryl methyl sites for hydroxylation is 1. The number of nitrogens with zero attached hydrogens (tertiary/aromatic N) is 1. The molecule has 0 aliphatic carbocycles. The van der Waals surface area contributed by atoms with E-state index in [9.17, 15) is 4.79 Å². The number of nitrogens with one attached hydrogen (secondary N) is 1. The number of aromatic amines is 1. The van der Waals surface area contributed by atoms with Crippen LogP contribution in [0.4, 0.5) is 0 Å². The lowest BCUT2D eigenvalue weighted by atomic mass is 9.97. The monoisotopic (exact) mass is 406 g/mol. The van der Waals surface area contributed by atoms with Crippen LogP contribution in [-0.2, 0) is 17.6 Å². The maximum Gasteiger partial charge on any atom is 0.223 e. The Balaban J connectivity index is 1.30. The Labute approximate surface area is 172 Å². The summed E-state index contributed by atoms with van der Waals surface area (Å²) in [4.78, 5) is 21.3. The van der Waals surface area contributed by atoms with Gasteiger partial charge in [-0.15, -0.1) is 22.7 Å². The van der Waals surface area contributed by atoms with E-state index >= 15 is 0 Å². The first-order chi connectivity index (χ1) is 13.8. The second kappa shape index (κ2) is 7.57. The minimum absolute atomic E-state index is 0.0931. The summed E-state index contributed by atoms with van der Waals surface area (Å²) in [5.41, 5.74) is 3.79. The fourth-order valence-electron chi connectivity index (χ4n) is 4.25. The molecule has 0 bridgehead atoms. The summed E-state index contributed by atoms with van der Waals surface area (Å²) in [6.45, 7) is 0.821. The van der Waals surface area contributed by atoms with Gasteiger partial charge >= 0.3 is 0 Å². The molecule has 0 saturated carbocycles. The maximum atomic E-state index is 13.2. The van der Waals surface area contributed by atoms with E-state index in [2.05, 4.69) is 63.2 Å². The fourth-order valence-corrected chi connectivity index (χ4v) is 6.01. The molecule has 28 heavy (non-hydrogen) atoms. The van der Waals surface area contributed by atoms with Gasteiger partial charge in [0.2, 0.25) is 5.91 Å². The second-order valence-electron chi connectivity index (χ2n) is 7.27. The van der Waals surface area contributed by atoms with E-state index in [0.717, 1.165) is 25.8 Å². The molecule has 1 N–H and O–H groups in total. The number of carbonyl (C=O) groups excluding carboxylic acids is 1. The molecular weight excluding hydrogens is 384 g/mol. The molecule has 4 aromatic rings. The Morgan fingerprint density at radius 1 is 1.11 bits per heavy atom. The van der Waals surface area contributed by atoms with Crippen LogP contribution in [0, 0.1) is 0 Å². The number of rotatable bonds is 5. The highest BCUT2D eigenvalue weighted by Gasteiger charge is 2.32. The largest absolute Gasteiger partial charge is 0.361 e. The van der Waals surface area contributed by atoms with E-state index in [0.29, 0.717) is 6.42 Å². The molecule has 5 heteroatoms. The number of fused-ring (bicyclic) bond motifs is 2. The third kappa shape index (κ3) is 3.19. The number of amides is 1. The van der Waals surface area contributed by atoms with E-state index in [1.165, 1.54) is 31.8 Å². The second-order valence-corrected chi connectivity index (χ2v) is 9.25. The van der Waals surface area contributed by atoms with Crippen molar-refractivity contribution in [1.82, 2.24) is 9.88 Å². The minimum Gasteiger partial charge on any atom is -0.361 e. The smallest absolute Gasteiger partial charge is 0.223 e. The summed E-state index contributed by atoms with van der Waals surface area (Å²) in [5, 5.41) is 5.54. The van der Waals surface area contributed by atoms with Crippen LogP contribution in [0.2, 0.25) is 0 Å². The van der Waals surface area contributed by atoms with Gasteiger partial charge in [-0.25, -0.2) is 0 Å². The van der Waals surface area contributed by atoms with E-state index in [1.807, 2.05) is 17.4 Å². The van der Waals surface area contributed by atoms with Crippen LogP contribution in [0.25, 0.3) is 10.9 Å². The lowest BCUT2D eigenvalue weighted by Crippen LogP contribution is -2.39. The molecule has 1 atom stereocenters. The number of H-pyrrole nitrogens is 1. The number of hydrogen-bond donors (Lipinski definition) is 1. The molecular formula is C23H22N2OS2. The Kier molecular flexibility index (Phi) is 4.79. The van der Waals surface area contributed by atoms with Gasteiger partial charge in [0.15, 0.2) is 0 Å². The Morgan fingerprint density at radius 3 is 2.93 bits per heavy atom. The van der Waals surface area contributed by atoms with Gasteiger partial charge in [0.25, 0.3) is 0 Å². The normalized spacial score (nSPS) is 16.4. The molecule has 1 aromatic carbocycles. The summed E-state index contributed by atoms with van der Waals surface area (Å²) in [5.74, 6) is 0.273. The summed E-state index contributed by atoms with van der Waals surface area (Å²) in [6, 6.07) is 14.9. The van der Waals surface area contributed by atoms with Gasteiger partial charge in [-0.2, -0.15) is 0 Å². The van der Waals surface area contributed by atoms with E-state index in [1.54, 1.807) is 11.3 Å². The predicted molar refractivity (Wildman–Crippen MR) is 117 cm³/mol. The van der Waals surface area contributed by atoms with Crippen molar-refractivity contribution in [2.45, 2.75) is 31.7 Å². The number of aromatic nitrogens is 1. The highest BCUT2D eigenvalue weighted by Crippen LogP contribution is 2.39. The van der Waals surface area contributed by atoms with Crippen molar-refractivity contribution in [3.05, 3.63) is 80.3 Å². The average Bonchev–Trinajstić information content (AvgIpc) is 3.47. The van der Waals surface area contributed by atoms with Gasteiger partial charge in [0.1, 0.15) is 0 Å². The Hall–Kier alpha value is -2.37. The van der Waals surface area contributed by atoms with Crippen molar-refractivity contribution in [1.29, 1.82) is 0 Å². The van der Waals surface area contributed by atoms with Crippen LogP contribution in [0.3, 0.4) is 0 Å². The first kappa shape index (κ1) is 17.7. The van der Waals surface area contributed by atoms with Crippen LogP contribution in [-0.4, -0.2) is 22.3 Å². The molecule has 142 valence electrons. The number of para-hydroxylation sites is 1.